The fourth-order valence-corrected chi connectivity index (χ4v) is 0.914. The Kier molecular flexibility index (Phi) is 5.56. The number of rotatable bonds is 2. The summed E-state index contributed by atoms with van der Waals surface area (Å²) < 4.78 is 0. The molecule has 1 heteroatoms. The number of nitrogens with one attached hydrogen (secondary N) is 1. The maximum Gasteiger partial charge on any atom is 0.00149 e. The SMILES string of the molecule is CC1(C)CNC1.CCC(C)CC. The van der Waals surface area contributed by atoms with Crippen molar-refractivity contribution < 1.29 is 0 Å². The number of hydrogen-bond donors (Lipinski definition) is 1. The summed E-state index contributed by atoms with van der Waals surface area (Å²) in [6, 6.07) is 0. The quantitative estimate of drug-likeness (QED) is 0.673. The van der Waals surface area contributed by atoms with Gasteiger partial charge in [-0.05, 0) is 11.3 Å². The Morgan fingerprint density at radius 2 is 1.50 bits per heavy atom. The lowest BCUT2D eigenvalue weighted by Crippen LogP contribution is -2.49. The van der Waals surface area contributed by atoms with Crippen LogP contribution in [-0.4, -0.2) is 13.1 Å². The summed E-state index contributed by atoms with van der Waals surface area (Å²) in [5.74, 6) is 0.935. The molecule has 1 aliphatic heterocycles. The van der Waals surface area contributed by atoms with E-state index in [4.69, 9.17) is 0 Å². The second kappa shape index (κ2) is 5.58. The largest absolute Gasteiger partial charge is 0.316 e. The summed E-state index contributed by atoms with van der Waals surface area (Å²) in [7, 11) is 0. The third kappa shape index (κ3) is 5.59. The van der Waals surface area contributed by atoms with Crippen LogP contribution in [0.3, 0.4) is 0 Å². The van der Waals surface area contributed by atoms with Crippen molar-refractivity contribution in [3.63, 3.8) is 0 Å². The van der Waals surface area contributed by atoms with Crippen LogP contribution in [0.15, 0.2) is 0 Å². The summed E-state index contributed by atoms with van der Waals surface area (Å²) in [6.45, 7) is 13.7. The monoisotopic (exact) mass is 171 g/mol. The van der Waals surface area contributed by atoms with Gasteiger partial charge in [0.15, 0.2) is 0 Å². The summed E-state index contributed by atoms with van der Waals surface area (Å²) in [5, 5.41) is 3.20. The molecular weight excluding hydrogens is 146 g/mol. The molecule has 0 aromatic carbocycles. The van der Waals surface area contributed by atoms with Crippen molar-refractivity contribution in [2.45, 2.75) is 47.5 Å². The zero-order valence-electron chi connectivity index (χ0n) is 9.41. The Bertz CT molecular complexity index is 97.6. The minimum absolute atomic E-state index is 0.611. The molecule has 0 bridgehead atoms. The van der Waals surface area contributed by atoms with Gasteiger partial charge in [-0.1, -0.05) is 47.5 Å². The van der Waals surface area contributed by atoms with Gasteiger partial charge >= 0.3 is 0 Å². The predicted octanol–water partition coefficient (Wildman–Crippen LogP) is 3.06. The van der Waals surface area contributed by atoms with Gasteiger partial charge in [0.1, 0.15) is 0 Å². The van der Waals surface area contributed by atoms with Crippen LogP contribution in [0.25, 0.3) is 0 Å². The van der Waals surface area contributed by atoms with E-state index in [-0.39, 0.29) is 0 Å². The van der Waals surface area contributed by atoms with Crippen molar-refractivity contribution in [1.82, 2.24) is 5.32 Å². The molecule has 1 N–H and O–H groups in total. The first-order valence-electron chi connectivity index (χ1n) is 5.22. The lowest BCUT2D eigenvalue weighted by atomic mass is 9.87. The molecule has 12 heavy (non-hydrogen) atoms. The van der Waals surface area contributed by atoms with E-state index in [2.05, 4.69) is 39.9 Å². The molecule has 1 saturated heterocycles. The molecule has 0 aromatic rings. The van der Waals surface area contributed by atoms with E-state index in [1.807, 2.05) is 0 Å². The summed E-state index contributed by atoms with van der Waals surface area (Å²) >= 11 is 0. The highest BCUT2D eigenvalue weighted by Crippen LogP contribution is 2.18. The molecule has 0 saturated carbocycles. The average molecular weight is 171 g/mol. The first-order valence-corrected chi connectivity index (χ1v) is 5.22. The lowest BCUT2D eigenvalue weighted by molar-refractivity contribution is 0.226. The molecule has 0 aromatic heterocycles. The van der Waals surface area contributed by atoms with E-state index in [1.54, 1.807) is 0 Å². The molecular formula is C11H25N. The summed E-state index contributed by atoms with van der Waals surface area (Å²) in [6.07, 6.45) is 2.66. The minimum atomic E-state index is 0.611. The molecule has 0 aliphatic carbocycles. The van der Waals surface area contributed by atoms with Gasteiger partial charge in [-0.25, -0.2) is 0 Å². The Hall–Kier alpha value is -0.0400. The minimum Gasteiger partial charge on any atom is -0.316 e. The highest BCUT2D eigenvalue weighted by Gasteiger charge is 2.24. The molecule has 0 amide bonds. The van der Waals surface area contributed by atoms with Crippen LogP contribution in [0.4, 0.5) is 0 Å². The fraction of sp³-hybridized carbons (Fsp3) is 1.00. The predicted molar refractivity (Wildman–Crippen MR) is 56.4 cm³/mol. The van der Waals surface area contributed by atoms with E-state index in [0.29, 0.717) is 5.41 Å². The van der Waals surface area contributed by atoms with Gasteiger partial charge in [0.25, 0.3) is 0 Å². The maximum atomic E-state index is 3.20. The zero-order chi connectivity index (χ0) is 9.61. The first-order chi connectivity index (χ1) is 5.52. The highest BCUT2D eigenvalue weighted by atomic mass is 15.0. The topological polar surface area (TPSA) is 12.0 Å². The Morgan fingerprint density at radius 3 is 1.50 bits per heavy atom. The van der Waals surface area contributed by atoms with Crippen LogP contribution in [0.1, 0.15) is 47.5 Å². The standard InChI is InChI=1S/C6H14.C5H11N/c1-4-6(3)5-2;1-5(2)3-6-4-5/h6H,4-5H2,1-3H3;6H,3-4H2,1-2H3. The molecule has 1 rings (SSSR count). The van der Waals surface area contributed by atoms with Crippen LogP contribution in [0.2, 0.25) is 0 Å². The van der Waals surface area contributed by atoms with Gasteiger partial charge < -0.3 is 5.32 Å². The van der Waals surface area contributed by atoms with Crippen LogP contribution < -0.4 is 5.32 Å². The van der Waals surface area contributed by atoms with Gasteiger partial charge in [0, 0.05) is 13.1 Å². The zero-order valence-corrected chi connectivity index (χ0v) is 9.41. The molecule has 74 valence electrons. The first kappa shape index (κ1) is 12.0. The maximum absolute atomic E-state index is 3.20. The van der Waals surface area contributed by atoms with E-state index >= 15 is 0 Å². The molecule has 0 radical (unpaired) electrons. The van der Waals surface area contributed by atoms with Crippen LogP contribution in [0, 0.1) is 11.3 Å². The third-order valence-electron chi connectivity index (χ3n) is 2.60. The van der Waals surface area contributed by atoms with Gasteiger partial charge in [0.05, 0.1) is 0 Å². The lowest BCUT2D eigenvalue weighted by Gasteiger charge is -2.35. The van der Waals surface area contributed by atoms with Gasteiger partial charge in [-0.15, -0.1) is 0 Å². The smallest absolute Gasteiger partial charge is 0.00149 e. The van der Waals surface area contributed by atoms with E-state index in [1.165, 1.54) is 25.9 Å². The van der Waals surface area contributed by atoms with Crippen molar-refractivity contribution >= 4 is 0 Å². The van der Waals surface area contributed by atoms with Crippen LogP contribution in [0.5, 0.6) is 0 Å². The Balaban J connectivity index is 0.000000202. The second-order valence-corrected chi connectivity index (χ2v) is 4.69. The molecule has 1 fully saturated rings. The van der Waals surface area contributed by atoms with Crippen molar-refractivity contribution in [2.75, 3.05) is 13.1 Å². The molecule has 0 unspecified atom stereocenters. The second-order valence-electron chi connectivity index (χ2n) is 4.69. The number of hydrogen-bond acceptors (Lipinski definition) is 1. The molecule has 1 aliphatic rings. The third-order valence-corrected chi connectivity index (χ3v) is 2.60. The van der Waals surface area contributed by atoms with Gasteiger partial charge in [0.2, 0.25) is 0 Å². The summed E-state index contributed by atoms with van der Waals surface area (Å²) in [5.41, 5.74) is 0.611. The Morgan fingerprint density at radius 1 is 1.17 bits per heavy atom. The van der Waals surface area contributed by atoms with E-state index < -0.39 is 0 Å². The molecule has 1 nitrogen and oxygen atoms in total. The fourth-order valence-electron chi connectivity index (χ4n) is 0.914. The molecule has 1 heterocycles. The average Bonchev–Trinajstić information content (AvgIpc) is 2.02. The van der Waals surface area contributed by atoms with Crippen molar-refractivity contribution in [3.8, 4) is 0 Å². The van der Waals surface area contributed by atoms with Crippen molar-refractivity contribution in [2.24, 2.45) is 11.3 Å². The van der Waals surface area contributed by atoms with Crippen LogP contribution >= 0.6 is 0 Å². The van der Waals surface area contributed by atoms with E-state index in [9.17, 15) is 0 Å². The highest BCUT2D eigenvalue weighted by molar-refractivity contribution is 4.82. The van der Waals surface area contributed by atoms with Gasteiger partial charge in [-0.2, -0.15) is 0 Å². The van der Waals surface area contributed by atoms with Gasteiger partial charge in [-0.3, -0.25) is 0 Å². The Labute approximate surface area is 77.9 Å². The molecule has 0 atom stereocenters. The summed E-state index contributed by atoms with van der Waals surface area (Å²) in [4.78, 5) is 0. The van der Waals surface area contributed by atoms with Crippen molar-refractivity contribution in [3.05, 3.63) is 0 Å². The van der Waals surface area contributed by atoms with E-state index in [0.717, 1.165) is 5.92 Å². The molecule has 0 spiro atoms. The van der Waals surface area contributed by atoms with Crippen molar-refractivity contribution in [1.29, 1.82) is 0 Å². The van der Waals surface area contributed by atoms with Crippen LogP contribution in [-0.2, 0) is 0 Å². The normalized spacial score (nSPS) is 19.5.